The summed E-state index contributed by atoms with van der Waals surface area (Å²) in [6.07, 6.45) is 2.58. The van der Waals surface area contributed by atoms with Gasteiger partial charge in [-0.3, -0.25) is 4.90 Å². The number of nitrogens with two attached hydrogens (primary N) is 1. The van der Waals surface area contributed by atoms with Gasteiger partial charge in [0.25, 0.3) is 0 Å². The molecule has 1 atom stereocenters. The lowest BCUT2D eigenvalue weighted by atomic mass is 9.84. The third-order valence-electron chi connectivity index (χ3n) is 3.35. The molecular weight excluding hydrogens is 160 g/mol. The Labute approximate surface area is 82.5 Å². The molecule has 1 aliphatic rings. The van der Waals surface area contributed by atoms with Gasteiger partial charge in [0.15, 0.2) is 0 Å². The van der Waals surface area contributed by atoms with Crippen molar-refractivity contribution in [3.63, 3.8) is 0 Å². The highest BCUT2D eigenvalue weighted by Gasteiger charge is 2.34. The summed E-state index contributed by atoms with van der Waals surface area (Å²) < 4.78 is 0. The fourth-order valence-corrected chi connectivity index (χ4v) is 2.42. The quantitative estimate of drug-likeness (QED) is 0.709. The average molecular weight is 184 g/mol. The molecule has 0 bridgehead atoms. The molecule has 0 aromatic rings. The maximum absolute atomic E-state index is 5.73. The van der Waals surface area contributed by atoms with E-state index in [1.165, 1.54) is 19.4 Å². The predicted molar refractivity (Wildman–Crippen MR) is 57.7 cm³/mol. The zero-order valence-electron chi connectivity index (χ0n) is 9.51. The second-order valence-corrected chi connectivity index (χ2v) is 5.20. The van der Waals surface area contributed by atoms with E-state index in [0.29, 0.717) is 11.6 Å². The van der Waals surface area contributed by atoms with Crippen molar-refractivity contribution in [3.8, 4) is 0 Å². The summed E-state index contributed by atoms with van der Waals surface area (Å²) in [6, 6.07) is 0.643. The Balaban J connectivity index is 2.64. The van der Waals surface area contributed by atoms with Crippen LogP contribution in [0.4, 0.5) is 0 Å². The fourth-order valence-electron chi connectivity index (χ4n) is 2.42. The average Bonchev–Trinajstić information content (AvgIpc) is 2.03. The normalized spacial score (nSPS) is 29.5. The van der Waals surface area contributed by atoms with E-state index in [9.17, 15) is 0 Å². The van der Waals surface area contributed by atoms with Gasteiger partial charge in [-0.1, -0.05) is 0 Å². The van der Waals surface area contributed by atoms with Crippen molar-refractivity contribution in [3.05, 3.63) is 0 Å². The lowest BCUT2D eigenvalue weighted by Gasteiger charge is -2.47. The first-order chi connectivity index (χ1) is 5.97. The van der Waals surface area contributed by atoms with Gasteiger partial charge in [-0.25, -0.2) is 0 Å². The van der Waals surface area contributed by atoms with Gasteiger partial charge in [0.2, 0.25) is 0 Å². The van der Waals surface area contributed by atoms with Crippen molar-refractivity contribution in [2.45, 2.75) is 52.1 Å². The largest absolute Gasteiger partial charge is 0.330 e. The van der Waals surface area contributed by atoms with E-state index in [0.717, 1.165) is 12.5 Å². The number of hydrogen-bond donors (Lipinski definition) is 1. The first-order valence-corrected chi connectivity index (χ1v) is 5.44. The SMILES string of the molecule is CC(C)N1CC(CN)CCC1(C)C. The third-order valence-corrected chi connectivity index (χ3v) is 3.35. The van der Waals surface area contributed by atoms with Crippen molar-refractivity contribution >= 4 is 0 Å². The molecular formula is C11H24N2. The third kappa shape index (κ3) is 2.44. The first-order valence-electron chi connectivity index (χ1n) is 5.44. The lowest BCUT2D eigenvalue weighted by molar-refractivity contribution is 0.0209. The molecule has 1 saturated heterocycles. The summed E-state index contributed by atoms with van der Waals surface area (Å²) in [6.45, 7) is 11.3. The zero-order chi connectivity index (χ0) is 10.1. The van der Waals surface area contributed by atoms with Crippen LogP contribution in [0.1, 0.15) is 40.5 Å². The van der Waals surface area contributed by atoms with E-state index < -0.39 is 0 Å². The Morgan fingerprint density at radius 3 is 2.54 bits per heavy atom. The van der Waals surface area contributed by atoms with E-state index in [2.05, 4.69) is 32.6 Å². The molecule has 0 spiro atoms. The fraction of sp³-hybridized carbons (Fsp3) is 1.00. The van der Waals surface area contributed by atoms with Gasteiger partial charge in [-0.05, 0) is 53.0 Å². The molecule has 78 valence electrons. The lowest BCUT2D eigenvalue weighted by Crippen LogP contribution is -2.54. The van der Waals surface area contributed by atoms with Crippen LogP contribution in [0.25, 0.3) is 0 Å². The van der Waals surface area contributed by atoms with E-state index in [1.54, 1.807) is 0 Å². The summed E-state index contributed by atoms with van der Waals surface area (Å²) in [5.74, 6) is 0.718. The second-order valence-electron chi connectivity index (χ2n) is 5.20. The van der Waals surface area contributed by atoms with Crippen LogP contribution < -0.4 is 5.73 Å². The summed E-state index contributed by atoms with van der Waals surface area (Å²) in [5.41, 5.74) is 6.10. The van der Waals surface area contributed by atoms with Gasteiger partial charge >= 0.3 is 0 Å². The topological polar surface area (TPSA) is 29.3 Å². The van der Waals surface area contributed by atoms with Crippen molar-refractivity contribution in [2.24, 2.45) is 11.7 Å². The zero-order valence-corrected chi connectivity index (χ0v) is 9.51. The van der Waals surface area contributed by atoms with Crippen LogP contribution in [0.3, 0.4) is 0 Å². The van der Waals surface area contributed by atoms with Crippen LogP contribution in [0.15, 0.2) is 0 Å². The van der Waals surface area contributed by atoms with Crippen molar-refractivity contribution in [2.75, 3.05) is 13.1 Å². The molecule has 1 unspecified atom stereocenters. The van der Waals surface area contributed by atoms with Crippen molar-refractivity contribution < 1.29 is 0 Å². The molecule has 0 aromatic carbocycles. The molecule has 1 heterocycles. The van der Waals surface area contributed by atoms with E-state index >= 15 is 0 Å². The molecule has 0 aromatic heterocycles. The minimum Gasteiger partial charge on any atom is -0.330 e. The Hall–Kier alpha value is -0.0800. The maximum Gasteiger partial charge on any atom is 0.0156 e. The summed E-state index contributed by atoms with van der Waals surface area (Å²) in [5, 5.41) is 0. The summed E-state index contributed by atoms with van der Waals surface area (Å²) in [4.78, 5) is 2.59. The van der Waals surface area contributed by atoms with Gasteiger partial charge in [-0.15, -0.1) is 0 Å². The van der Waals surface area contributed by atoms with Crippen LogP contribution in [0.5, 0.6) is 0 Å². The molecule has 1 aliphatic heterocycles. The molecule has 13 heavy (non-hydrogen) atoms. The number of rotatable bonds is 2. The molecule has 1 rings (SSSR count). The van der Waals surface area contributed by atoms with Gasteiger partial charge < -0.3 is 5.73 Å². The standard InChI is InChI=1S/C11H24N2/c1-9(2)13-8-10(7-12)5-6-11(13,3)4/h9-10H,5-8,12H2,1-4H3. The van der Waals surface area contributed by atoms with Gasteiger partial charge in [-0.2, -0.15) is 0 Å². The van der Waals surface area contributed by atoms with E-state index in [-0.39, 0.29) is 0 Å². The van der Waals surface area contributed by atoms with Crippen molar-refractivity contribution in [1.82, 2.24) is 4.90 Å². The second kappa shape index (κ2) is 3.97. The van der Waals surface area contributed by atoms with Crippen LogP contribution in [0.2, 0.25) is 0 Å². The van der Waals surface area contributed by atoms with Gasteiger partial charge in [0, 0.05) is 18.1 Å². The molecule has 0 aliphatic carbocycles. The minimum atomic E-state index is 0.375. The Kier molecular flexibility index (Phi) is 3.36. The summed E-state index contributed by atoms with van der Waals surface area (Å²) >= 11 is 0. The molecule has 0 radical (unpaired) electrons. The Morgan fingerprint density at radius 2 is 2.08 bits per heavy atom. The number of hydrogen-bond acceptors (Lipinski definition) is 2. The molecule has 0 saturated carbocycles. The first kappa shape index (κ1) is 11.0. The Bertz CT molecular complexity index is 163. The highest BCUT2D eigenvalue weighted by Crippen LogP contribution is 2.31. The molecule has 1 fully saturated rings. The van der Waals surface area contributed by atoms with Gasteiger partial charge in [0.1, 0.15) is 0 Å². The smallest absolute Gasteiger partial charge is 0.0156 e. The maximum atomic E-state index is 5.73. The highest BCUT2D eigenvalue weighted by atomic mass is 15.2. The molecule has 0 amide bonds. The number of nitrogens with zero attached hydrogens (tertiary/aromatic N) is 1. The summed E-state index contributed by atoms with van der Waals surface area (Å²) in [7, 11) is 0. The van der Waals surface area contributed by atoms with Crippen molar-refractivity contribution in [1.29, 1.82) is 0 Å². The Morgan fingerprint density at radius 1 is 1.46 bits per heavy atom. The number of likely N-dealkylation sites (tertiary alicyclic amines) is 1. The van der Waals surface area contributed by atoms with E-state index in [1.807, 2.05) is 0 Å². The molecule has 2 heteroatoms. The predicted octanol–water partition coefficient (Wildman–Crippen LogP) is 1.84. The van der Waals surface area contributed by atoms with Gasteiger partial charge in [0.05, 0.1) is 0 Å². The van der Waals surface area contributed by atoms with Crippen LogP contribution >= 0.6 is 0 Å². The monoisotopic (exact) mass is 184 g/mol. The highest BCUT2D eigenvalue weighted by molar-refractivity contribution is 4.90. The minimum absolute atomic E-state index is 0.375. The van der Waals surface area contributed by atoms with Crippen LogP contribution in [-0.2, 0) is 0 Å². The molecule has 2 nitrogen and oxygen atoms in total. The number of piperidine rings is 1. The molecule has 2 N–H and O–H groups in total. The van der Waals surface area contributed by atoms with Crippen LogP contribution in [0, 0.1) is 5.92 Å². The van der Waals surface area contributed by atoms with E-state index in [4.69, 9.17) is 5.73 Å². The van der Waals surface area contributed by atoms with Crippen LogP contribution in [-0.4, -0.2) is 29.6 Å².